The highest BCUT2D eigenvalue weighted by molar-refractivity contribution is 5.88. The first-order valence-corrected chi connectivity index (χ1v) is 17.1. The number of nitrogens with zero attached hydrogens (tertiary/aromatic N) is 6. The van der Waals surface area contributed by atoms with Crippen LogP contribution >= 0.6 is 0 Å². The minimum absolute atomic E-state index is 0. The van der Waals surface area contributed by atoms with E-state index in [1.165, 1.54) is 9.96 Å². The minimum Gasteiger partial charge on any atom is -0.309 e. The van der Waals surface area contributed by atoms with E-state index in [0.717, 1.165) is 22.0 Å². The number of hydrogen-bond donors (Lipinski definition) is 3. The monoisotopic (exact) mass is 734 g/mol. The third-order valence-corrected chi connectivity index (χ3v) is 9.20. The van der Waals surface area contributed by atoms with Gasteiger partial charge in [0.1, 0.15) is 18.7 Å². The molecule has 4 aliphatic rings. The van der Waals surface area contributed by atoms with E-state index >= 15 is 0 Å². The van der Waals surface area contributed by atoms with Gasteiger partial charge in [0, 0.05) is 49.7 Å². The van der Waals surface area contributed by atoms with Gasteiger partial charge >= 0.3 is 12.1 Å². The second-order valence-electron chi connectivity index (χ2n) is 12.6. The zero-order chi connectivity index (χ0) is 35.6. The van der Waals surface area contributed by atoms with E-state index in [1.807, 2.05) is 66.7 Å². The molecular formula is C37H50N8O8. The highest BCUT2D eigenvalue weighted by Crippen LogP contribution is 2.31. The SMILES string of the molecule is C.C.O=C(NOCCc1ccccn1)[C@@H]1CC[C@@H]2CN1C(=O)N2O.O=C(NOCCc1ccccn1)[C@@H]1CC[C@@H]2CN1C(=O)N2OCc1ccccc1. The Morgan fingerprint density at radius 2 is 1.21 bits per heavy atom. The third-order valence-electron chi connectivity index (χ3n) is 9.20. The van der Waals surface area contributed by atoms with E-state index in [4.69, 9.17) is 14.5 Å². The normalized spacial score (nSPS) is 21.2. The number of hydrogen-bond acceptors (Lipinski definition) is 10. The van der Waals surface area contributed by atoms with Crippen LogP contribution in [-0.2, 0) is 43.6 Å². The van der Waals surface area contributed by atoms with Crippen LogP contribution in [-0.4, -0.2) is 109 Å². The fraction of sp³-hybridized carbons (Fsp3) is 0.459. The van der Waals surface area contributed by atoms with Gasteiger partial charge in [-0.1, -0.05) is 57.3 Å². The highest BCUT2D eigenvalue weighted by Gasteiger charge is 2.48. The van der Waals surface area contributed by atoms with Gasteiger partial charge < -0.3 is 9.80 Å². The summed E-state index contributed by atoms with van der Waals surface area (Å²) in [6.45, 7) is 1.81. The molecule has 6 amide bonds. The van der Waals surface area contributed by atoms with Crippen molar-refractivity contribution in [3.63, 3.8) is 0 Å². The van der Waals surface area contributed by atoms with Crippen molar-refractivity contribution in [1.29, 1.82) is 0 Å². The molecule has 1 aromatic carbocycles. The number of carbonyl (C=O) groups is 4. The number of benzene rings is 1. The van der Waals surface area contributed by atoms with Gasteiger partial charge in [-0.25, -0.2) is 25.6 Å². The Bertz CT molecular complexity index is 1620. The van der Waals surface area contributed by atoms with Crippen molar-refractivity contribution in [2.24, 2.45) is 0 Å². The fourth-order valence-electron chi connectivity index (χ4n) is 6.50. The van der Waals surface area contributed by atoms with Crippen LogP contribution in [0.15, 0.2) is 79.1 Å². The van der Waals surface area contributed by atoms with Gasteiger partial charge in [-0.05, 0) is 55.5 Å². The van der Waals surface area contributed by atoms with Crippen molar-refractivity contribution >= 4 is 23.9 Å². The number of pyridine rings is 2. The van der Waals surface area contributed by atoms with E-state index in [0.29, 0.717) is 71.4 Å². The van der Waals surface area contributed by atoms with Crippen molar-refractivity contribution in [2.75, 3.05) is 26.3 Å². The lowest BCUT2D eigenvalue weighted by molar-refractivity contribution is -0.141. The van der Waals surface area contributed by atoms with E-state index in [9.17, 15) is 24.4 Å². The van der Waals surface area contributed by atoms with Gasteiger partial charge in [0.2, 0.25) is 0 Å². The predicted molar refractivity (Wildman–Crippen MR) is 192 cm³/mol. The van der Waals surface area contributed by atoms with Crippen molar-refractivity contribution < 1.29 is 38.9 Å². The number of urea groups is 2. The van der Waals surface area contributed by atoms with E-state index < -0.39 is 18.1 Å². The Hall–Kier alpha value is -5.16. The molecule has 4 bridgehead atoms. The average Bonchev–Trinajstić information content (AvgIpc) is 3.54. The molecule has 4 saturated heterocycles. The molecule has 16 nitrogen and oxygen atoms in total. The Kier molecular flexibility index (Phi) is 15.0. The van der Waals surface area contributed by atoms with Gasteiger partial charge in [-0.3, -0.25) is 39.3 Å². The van der Waals surface area contributed by atoms with Gasteiger partial charge in [0.15, 0.2) is 0 Å². The van der Waals surface area contributed by atoms with Crippen LogP contribution in [0.4, 0.5) is 9.59 Å². The fourth-order valence-corrected chi connectivity index (χ4v) is 6.50. The molecule has 4 aliphatic heterocycles. The van der Waals surface area contributed by atoms with E-state index in [2.05, 4.69) is 20.9 Å². The number of amides is 6. The second-order valence-corrected chi connectivity index (χ2v) is 12.6. The molecule has 286 valence electrons. The largest absolute Gasteiger partial charge is 0.345 e. The summed E-state index contributed by atoms with van der Waals surface area (Å²) in [7, 11) is 0. The molecule has 7 rings (SSSR count). The number of fused-ring (bicyclic) bond motifs is 4. The summed E-state index contributed by atoms with van der Waals surface area (Å²) in [5.41, 5.74) is 7.62. The third kappa shape index (κ3) is 10.3. The molecule has 0 unspecified atom stereocenters. The zero-order valence-corrected chi connectivity index (χ0v) is 28.1. The Balaban J connectivity index is 0.000000236. The molecule has 0 saturated carbocycles. The topological polar surface area (TPSA) is 179 Å². The standard InChI is InChI=1S/C21H24N4O4.C14H18N4O4.2CH4/c26-20(23-28-13-11-17-8-4-5-12-22-17)19-10-9-18-14-24(19)21(27)25(18)29-15-16-6-2-1-3-7-16;19-13(16-22-8-6-10-3-1-2-7-15-10)12-5-4-11-9-17(12)14(20)18(11)21;;/h1-8,12,18-19H,9-11,13-15H2,(H,23,26);1-3,7,11-12,21H,4-6,8-9H2,(H,16,19);2*1H4/t18-,19+;11-,12+;;/m11../s1. The van der Waals surface area contributed by atoms with Crippen molar-refractivity contribution in [3.8, 4) is 0 Å². The van der Waals surface area contributed by atoms with Crippen molar-refractivity contribution in [1.82, 2.24) is 40.9 Å². The van der Waals surface area contributed by atoms with Crippen LogP contribution in [0, 0.1) is 0 Å². The van der Waals surface area contributed by atoms with Crippen LogP contribution in [0.1, 0.15) is 57.5 Å². The maximum absolute atomic E-state index is 12.7. The van der Waals surface area contributed by atoms with Crippen molar-refractivity contribution in [2.45, 2.75) is 84.2 Å². The highest BCUT2D eigenvalue weighted by atomic mass is 16.7. The predicted octanol–water partition coefficient (Wildman–Crippen LogP) is 3.67. The summed E-state index contributed by atoms with van der Waals surface area (Å²) in [6.07, 6.45) is 7.01. The minimum atomic E-state index is -0.587. The molecule has 0 radical (unpaired) electrons. The smallest absolute Gasteiger partial charge is 0.309 e. The summed E-state index contributed by atoms with van der Waals surface area (Å²) >= 11 is 0. The molecule has 0 spiro atoms. The molecule has 6 heterocycles. The van der Waals surface area contributed by atoms with Crippen LogP contribution in [0.5, 0.6) is 0 Å². The quantitative estimate of drug-likeness (QED) is 0.133. The van der Waals surface area contributed by atoms with E-state index in [-0.39, 0.29) is 44.8 Å². The molecule has 53 heavy (non-hydrogen) atoms. The first-order chi connectivity index (χ1) is 24.9. The summed E-state index contributed by atoms with van der Waals surface area (Å²) in [4.78, 5) is 76.7. The number of nitrogens with one attached hydrogen (secondary N) is 2. The second kappa shape index (κ2) is 19.6. The van der Waals surface area contributed by atoms with Gasteiger partial charge in [-0.15, -0.1) is 0 Å². The summed E-state index contributed by atoms with van der Waals surface area (Å²) < 4.78 is 0. The van der Waals surface area contributed by atoms with E-state index in [1.54, 1.807) is 17.3 Å². The molecular weight excluding hydrogens is 684 g/mol. The maximum atomic E-state index is 12.7. The number of piperidine rings is 2. The Morgan fingerprint density at radius 1 is 0.698 bits per heavy atom. The number of rotatable bonds is 13. The summed E-state index contributed by atoms with van der Waals surface area (Å²) in [5.74, 6) is -0.661. The van der Waals surface area contributed by atoms with Crippen LogP contribution < -0.4 is 11.0 Å². The first-order valence-electron chi connectivity index (χ1n) is 17.1. The average molecular weight is 735 g/mol. The lowest BCUT2D eigenvalue weighted by Crippen LogP contribution is -2.49. The summed E-state index contributed by atoms with van der Waals surface area (Å²) in [5, 5.41) is 11.7. The van der Waals surface area contributed by atoms with Crippen LogP contribution in [0.2, 0.25) is 0 Å². The van der Waals surface area contributed by atoms with Gasteiger partial charge in [0.25, 0.3) is 11.8 Å². The molecule has 4 fully saturated rings. The molecule has 16 heteroatoms. The molecule has 3 N–H and O–H groups in total. The maximum Gasteiger partial charge on any atom is 0.345 e. The van der Waals surface area contributed by atoms with Crippen LogP contribution in [0.25, 0.3) is 0 Å². The molecule has 2 aromatic heterocycles. The lowest BCUT2D eigenvalue weighted by Gasteiger charge is -2.28. The molecule has 4 atom stereocenters. The van der Waals surface area contributed by atoms with Gasteiger partial charge in [-0.2, -0.15) is 5.06 Å². The van der Waals surface area contributed by atoms with Crippen molar-refractivity contribution in [3.05, 3.63) is 96.1 Å². The lowest BCUT2D eigenvalue weighted by atomic mass is 10.0. The Morgan fingerprint density at radius 3 is 1.75 bits per heavy atom. The number of aromatic nitrogens is 2. The zero-order valence-electron chi connectivity index (χ0n) is 28.1. The number of carbonyl (C=O) groups excluding carboxylic acids is 4. The number of hydroxylamine groups is 6. The first kappa shape index (κ1) is 40.6. The van der Waals surface area contributed by atoms with Crippen LogP contribution in [0.3, 0.4) is 0 Å². The summed E-state index contributed by atoms with van der Waals surface area (Å²) in [6, 6.07) is 18.8. The Labute approximate surface area is 309 Å². The molecule has 3 aromatic rings. The molecule has 0 aliphatic carbocycles. The van der Waals surface area contributed by atoms with Gasteiger partial charge in [0.05, 0.1) is 25.3 Å².